The second-order valence-corrected chi connectivity index (χ2v) is 4.86. The minimum Gasteiger partial charge on any atom is -0.396 e. The van der Waals surface area contributed by atoms with Crippen LogP contribution in [0.4, 0.5) is 5.69 Å². The third kappa shape index (κ3) is 3.67. The summed E-state index contributed by atoms with van der Waals surface area (Å²) < 4.78 is 0. The Morgan fingerprint density at radius 3 is 2.63 bits per heavy atom. The zero-order valence-electron chi connectivity index (χ0n) is 11.0. The smallest absolute Gasteiger partial charge is 0.105 e. The molecule has 0 radical (unpaired) electrons. The average Bonchev–Trinajstić information content (AvgIpc) is 2.48. The van der Waals surface area contributed by atoms with Gasteiger partial charge in [-0.25, -0.2) is 0 Å². The van der Waals surface area contributed by atoms with Gasteiger partial charge in [-0.15, -0.1) is 0 Å². The van der Waals surface area contributed by atoms with Crippen molar-refractivity contribution in [3.8, 4) is 0 Å². The number of nitrogens with zero attached hydrogens (tertiary/aromatic N) is 1. The van der Waals surface area contributed by atoms with Crippen LogP contribution < -0.4 is 10.2 Å². The van der Waals surface area contributed by atoms with Crippen LogP contribution in [0.15, 0.2) is 24.3 Å². The molecule has 0 aromatic heterocycles. The number of aliphatic hydroxyl groups excluding tert-OH is 3. The van der Waals surface area contributed by atoms with E-state index < -0.39 is 12.2 Å². The first-order valence-corrected chi connectivity index (χ1v) is 6.75. The highest BCUT2D eigenvalue weighted by molar-refractivity contribution is 5.49. The topological polar surface area (TPSA) is 76.0 Å². The number of hydrogen-bond acceptors (Lipinski definition) is 5. The summed E-state index contributed by atoms with van der Waals surface area (Å²) in [5.74, 6) is 0. The predicted molar refractivity (Wildman–Crippen MR) is 74.2 cm³/mol. The Morgan fingerprint density at radius 2 is 1.95 bits per heavy atom. The average molecular weight is 266 g/mol. The van der Waals surface area contributed by atoms with Gasteiger partial charge in [-0.1, -0.05) is 12.1 Å². The molecule has 1 aromatic carbocycles. The van der Waals surface area contributed by atoms with Gasteiger partial charge in [0.05, 0.1) is 6.10 Å². The lowest BCUT2D eigenvalue weighted by Crippen LogP contribution is -2.43. The number of hydrogen-bond donors (Lipinski definition) is 4. The summed E-state index contributed by atoms with van der Waals surface area (Å²) in [5.41, 5.74) is 1.76. The maximum atomic E-state index is 10.1. The van der Waals surface area contributed by atoms with Gasteiger partial charge >= 0.3 is 0 Å². The van der Waals surface area contributed by atoms with E-state index in [1.165, 1.54) is 0 Å². The van der Waals surface area contributed by atoms with Crippen LogP contribution in [0, 0.1) is 0 Å². The number of aliphatic hydroxyl groups is 3. The number of rotatable bonds is 5. The fourth-order valence-electron chi connectivity index (χ4n) is 2.34. The molecule has 1 aromatic rings. The van der Waals surface area contributed by atoms with Crippen molar-refractivity contribution in [1.82, 2.24) is 5.32 Å². The molecule has 1 saturated heterocycles. The van der Waals surface area contributed by atoms with E-state index in [2.05, 4.69) is 10.2 Å². The summed E-state index contributed by atoms with van der Waals surface area (Å²) in [6, 6.07) is 7.62. The van der Waals surface area contributed by atoms with Crippen LogP contribution in [0.3, 0.4) is 0 Å². The van der Waals surface area contributed by atoms with E-state index in [9.17, 15) is 10.2 Å². The maximum Gasteiger partial charge on any atom is 0.105 e. The molecule has 5 nitrogen and oxygen atoms in total. The Balaban J connectivity index is 2.09. The lowest BCUT2D eigenvalue weighted by molar-refractivity contribution is 0.00424. The summed E-state index contributed by atoms with van der Waals surface area (Å²) >= 11 is 0. The van der Waals surface area contributed by atoms with Crippen molar-refractivity contribution in [3.63, 3.8) is 0 Å². The fraction of sp³-hybridized carbons (Fsp3) is 0.571. The fourth-order valence-corrected chi connectivity index (χ4v) is 2.34. The summed E-state index contributed by atoms with van der Waals surface area (Å²) in [7, 11) is 0. The second-order valence-electron chi connectivity index (χ2n) is 4.86. The van der Waals surface area contributed by atoms with E-state index >= 15 is 0 Å². The highest BCUT2D eigenvalue weighted by Gasteiger charge is 2.19. The van der Waals surface area contributed by atoms with Crippen molar-refractivity contribution in [2.24, 2.45) is 0 Å². The largest absolute Gasteiger partial charge is 0.396 e. The van der Waals surface area contributed by atoms with Crippen LogP contribution in [0.2, 0.25) is 0 Å². The monoisotopic (exact) mass is 266 g/mol. The summed E-state index contributed by atoms with van der Waals surface area (Å²) in [5, 5.41) is 31.9. The summed E-state index contributed by atoms with van der Waals surface area (Å²) in [6.45, 7) is 3.67. The summed E-state index contributed by atoms with van der Waals surface area (Å²) in [6.07, 6.45) is -1.70. The minimum absolute atomic E-state index is 0.129. The van der Waals surface area contributed by atoms with E-state index in [0.29, 0.717) is 5.56 Å². The molecular formula is C14H22N2O3. The number of anilines is 1. The highest BCUT2D eigenvalue weighted by Crippen LogP contribution is 2.24. The Labute approximate surface area is 113 Å². The molecule has 19 heavy (non-hydrogen) atoms. The molecule has 1 aliphatic heterocycles. The second kappa shape index (κ2) is 6.86. The Bertz CT molecular complexity index is 394. The van der Waals surface area contributed by atoms with Gasteiger partial charge in [0.25, 0.3) is 0 Å². The third-order valence-electron chi connectivity index (χ3n) is 3.48. The van der Waals surface area contributed by atoms with Crippen molar-refractivity contribution < 1.29 is 15.3 Å². The van der Waals surface area contributed by atoms with Crippen LogP contribution in [-0.4, -0.2) is 54.2 Å². The molecule has 106 valence electrons. The summed E-state index contributed by atoms with van der Waals surface area (Å²) in [4.78, 5) is 2.26. The minimum atomic E-state index is -0.949. The Hall–Kier alpha value is -1.14. The van der Waals surface area contributed by atoms with Gasteiger partial charge in [-0.05, 0) is 24.1 Å². The van der Waals surface area contributed by atoms with E-state index in [1.807, 2.05) is 18.2 Å². The molecule has 0 saturated carbocycles. The molecular weight excluding hydrogens is 244 g/mol. The van der Waals surface area contributed by atoms with Gasteiger partial charge < -0.3 is 25.5 Å². The zero-order valence-corrected chi connectivity index (χ0v) is 11.0. The molecule has 0 aliphatic carbocycles. The molecule has 2 rings (SSSR count). The van der Waals surface area contributed by atoms with Gasteiger partial charge in [0.1, 0.15) is 6.10 Å². The molecule has 0 spiro atoms. The molecule has 1 heterocycles. The molecule has 5 heteroatoms. The van der Waals surface area contributed by atoms with Crippen LogP contribution >= 0.6 is 0 Å². The molecule has 1 aliphatic rings. The quantitative estimate of drug-likeness (QED) is 0.597. The van der Waals surface area contributed by atoms with Gasteiger partial charge in [0.2, 0.25) is 0 Å². The highest BCUT2D eigenvalue weighted by atomic mass is 16.3. The molecule has 1 fully saturated rings. The number of piperazine rings is 1. The van der Waals surface area contributed by atoms with E-state index in [1.54, 1.807) is 6.07 Å². The Kier molecular flexibility index (Phi) is 5.15. The zero-order chi connectivity index (χ0) is 13.7. The number of benzene rings is 1. The molecule has 2 atom stereocenters. The van der Waals surface area contributed by atoms with E-state index in [0.717, 1.165) is 31.9 Å². The maximum absolute atomic E-state index is 10.1. The first-order chi connectivity index (χ1) is 9.22. The molecule has 2 unspecified atom stereocenters. The van der Waals surface area contributed by atoms with E-state index in [4.69, 9.17) is 5.11 Å². The van der Waals surface area contributed by atoms with Crippen molar-refractivity contribution in [1.29, 1.82) is 0 Å². The lowest BCUT2D eigenvalue weighted by Gasteiger charge is -2.30. The normalized spacial score (nSPS) is 19.2. The third-order valence-corrected chi connectivity index (χ3v) is 3.48. The van der Waals surface area contributed by atoms with Gasteiger partial charge in [-0.3, -0.25) is 0 Å². The molecule has 0 amide bonds. The standard InChI is InChI=1S/C14H22N2O3/c17-9-4-13(18)14(19)11-2-1-3-12(10-11)16-7-5-15-6-8-16/h1-3,10,13-15,17-19H,4-9H2. The first kappa shape index (κ1) is 14.3. The first-order valence-electron chi connectivity index (χ1n) is 6.75. The van der Waals surface area contributed by atoms with Gasteiger partial charge in [0.15, 0.2) is 0 Å². The van der Waals surface area contributed by atoms with Gasteiger partial charge in [-0.2, -0.15) is 0 Å². The van der Waals surface area contributed by atoms with Crippen molar-refractivity contribution in [2.45, 2.75) is 18.6 Å². The van der Waals surface area contributed by atoms with Gasteiger partial charge in [0, 0.05) is 38.5 Å². The lowest BCUT2D eigenvalue weighted by atomic mass is 10.0. The van der Waals surface area contributed by atoms with Crippen LogP contribution in [0.5, 0.6) is 0 Å². The van der Waals surface area contributed by atoms with Crippen LogP contribution in [0.25, 0.3) is 0 Å². The van der Waals surface area contributed by atoms with Crippen molar-refractivity contribution in [3.05, 3.63) is 29.8 Å². The molecule has 0 bridgehead atoms. The SMILES string of the molecule is OCCC(O)C(O)c1cccc(N2CCNCC2)c1. The van der Waals surface area contributed by atoms with E-state index in [-0.39, 0.29) is 13.0 Å². The van der Waals surface area contributed by atoms with Crippen LogP contribution in [0.1, 0.15) is 18.1 Å². The molecule has 4 N–H and O–H groups in total. The number of nitrogens with one attached hydrogen (secondary N) is 1. The van der Waals surface area contributed by atoms with Crippen LogP contribution in [-0.2, 0) is 0 Å². The Morgan fingerprint density at radius 1 is 1.21 bits per heavy atom. The predicted octanol–water partition coefficient (Wildman–Crippen LogP) is -0.127. The van der Waals surface area contributed by atoms with Crippen molar-refractivity contribution >= 4 is 5.69 Å². The van der Waals surface area contributed by atoms with Crippen molar-refractivity contribution in [2.75, 3.05) is 37.7 Å².